The maximum atomic E-state index is 12.3. The molecule has 0 radical (unpaired) electrons. The minimum atomic E-state index is -0.115. The summed E-state index contributed by atoms with van der Waals surface area (Å²) in [5.41, 5.74) is 2.37. The Bertz CT molecular complexity index is 734. The molecule has 19 heavy (non-hydrogen) atoms. The number of benzene rings is 2. The van der Waals surface area contributed by atoms with Crippen molar-refractivity contribution >= 4 is 38.4 Å². The molecule has 0 atom stereocenters. The van der Waals surface area contributed by atoms with Crippen LogP contribution in [-0.4, -0.2) is 10.9 Å². The van der Waals surface area contributed by atoms with Crippen molar-refractivity contribution in [1.82, 2.24) is 4.98 Å². The lowest BCUT2D eigenvalue weighted by atomic mass is 10.1. The number of hydrogen-bond donors (Lipinski definition) is 2. The second-order valence-electron chi connectivity index (χ2n) is 4.21. The molecule has 4 heteroatoms. The van der Waals surface area contributed by atoms with E-state index in [1.807, 2.05) is 48.5 Å². The summed E-state index contributed by atoms with van der Waals surface area (Å²) in [6.45, 7) is 0. The van der Waals surface area contributed by atoms with Gasteiger partial charge in [-0.25, -0.2) is 0 Å². The van der Waals surface area contributed by atoms with Crippen LogP contribution in [0.5, 0.6) is 0 Å². The Balaban J connectivity index is 1.96. The zero-order valence-electron chi connectivity index (χ0n) is 9.98. The number of fused-ring (bicyclic) bond motifs is 1. The number of carbonyl (C=O) groups is 1. The van der Waals surface area contributed by atoms with Crippen LogP contribution in [0.3, 0.4) is 0 Å². The monoisotopic (exact) mass is 314 g/mol. The predicted molar refractivity (Wildman–Crippen MR) is 80.4 cm³/mol. The lowest BCUT2D eigenvalue weighted by Gasteiger charge is -2.03. The van der Waals surface area contributed by atoms with Gasteiger partial charge in [-0.05, 0) is 30.3 Å². The van der Waals surface area contributed by atoms with Crippen LogP contribution in [0.15, 0.2) is 59.2 Å². The number of H-pyrrole nitrogens is 1. The van der Waals surface area contributed by atoms with Crippen molar-refractivity contribution < 1.29 is 4.79 Å². The van der Waals surface area contributed by atoms with E-state index in [4.69, 9.17) is 0 Å². The van der Waals surface area contributed by atoms with Crippen LogP contribution >= 0.6 is 15.9 Å². The van der Waals surface area contributed by atoms with Crippen LogP contribution in [0.1, 0.15) is 10.4 Å². The number of aromatic nitrogens is 1. The molecule has 3 nitrogen and oxygen atoms in total. The molecule has 0 unspecified atom stereocenters. The van der Waals surface area contributed by atoms with Gasteiger partial charge in [-0.3, -0.25) is 4.79 Å². The first-order valence-electron chi connectivity index (χ1n) is 5.87. The minimum absolute atomic E-state index is 0.115. The second kappa shape index (κ2) is 4.90. The molecule has 0 fully saturated rings. The van der Waals surface area contributed by atoms with E-state index in [9.17, 15) is 4.79 Å². The third kappa shape index (κ3) is 2.39. The van der Waals surface area contributed by atoms with Gasteiger partial charge in [0.2, 0.25) is 0 Å². The summed E-state index contributed by atoms with van der Waals surface area (Å²) >= 11 is 3.42. The van der Waals surface area contributed by atoms with Gasteiger partial charge in [0.05, 0.1) is 5.56 Å². The average molecular weight is 315 g/mol. The fraction of sp³-hybridized carbons (Fsp3) is 0. The fourth-order valence-corrected chi connectivity index (χ4v) is 2.36. The number of aromatic amines is 1. The van der Waals surface area contributed by atoms with Crippen molar-refractivity contribution in [2.24, 2.45) is 0 Å². The Hall–Kier alpha value is -2.07. The number of hydrogen-bond acceptors (Lipinski definition) is 1. The molecule has 0 aliphatic carbocycles. The number of amides is 1. The smallest absolute Gasteiger partial charge is 0.257 e. The van der Waals surface area contributed by atoms with Gasteiger partial charge in [-0.2, -0.15) is 0 Å². The lowest BCUT2D eigenvalue weighted by Crippen LogP contribution is -2.11. The van der Waals surface area contributed by atoms with Gasteiger partial charge in [-0.1, -0.05) is 34.1 Å². The molecule has 3 rings (SSSR count). The van der Waals surface area contributed by atoms with Gasteiger partial charge in [0.15, 0.2) is 0 Å². The van der Waals surface area contributed by atoms with Crippen molar-refractivity contribution in [2.75, 3.05) is 5.32 Å². The van der Waals surface area contributed by atoms with E-state index in [0.717, 1.165) is 21.1 Å². The van der Waals surface area contributed by atoms with E-state index in [-0.39, 0.29) is 5.91 Å². The Morgan fingerprint density at radius 3 is 2.68 bits per heavy atom. The topological polar surface area (TPSA) is 44.9 Å². The molecule has 0 saturated heterocycles. The molecule has 2 aromatic carbocycles. The van der Waals surface area contributed by atoms with Gasteiger partial charge in [0.25, 0.3) is 5.91 Å². The summed E-state index contributed by atoms with van der Waals surface area (Å²) < 4.78 is 0.952. The van der Waals surface area contributed by atoms with Crippen molar-refractivity contribution in [1.29, 1.82) is 0 Å². The highest BCUT2D eigenvalue weighted by atomic mass is 79.9. The molecule has 1 amide bonds. The Morgan fingerprint density at radius 1 is 1.11 bits per heavy atom. The van der Waals surface area contributed by atoms with Crippen LogP contribution in [0.25, 0.3) is 10.9 Å². The number of anilines is 1. The minimum Gasteiger partial charge on any atom is -0.360 e. The van der Waals surface area contributed by atoms with Crippen molar-refractivity contribution in [3.63, 3.8) is 0 Å². The summed E-state index contributed by atoms with van der Waals surface area (Å²) in [6, 6.07) is 15.2. The standard InChI is InChI=1S/C15H11BrN2O/c16-10-6-7-14-12(8-10)13(9-17-14)15(19)18-11-4-2-1-3-5-11/h1-9,17H,(H,18,19). The van der Waals surface area contributed by atoms with E-state index in [2.05, 4.69) is 26.2 Å². The van der Waals surface area contributed by atoms with Crippen LogP contribution in [0.4, 0.5) is 5.69 Å². The van der Waals surface area contributed by atoms with Crippen LogP contribution in [0, 0.1) is 0 Å². The highest BCUT2D eigenvalue weighted by Gasteiger charge is 2.12. The molecular weight excluding hydrogens is 304 g/mol. The first kappa shape index (κ1) is 12.0. The number of halogens is 1. The van der Waals surface area contributed by atoms with Crippen molar-refractivity contribution in [2.45, 2.75) is 0 Å². The van der Waals surface area contributed by atoms with Crippen LogP contribution in [0.2, 0.25) is 0 Å². The Kier molecular flexibility index (Phi) is 3.09. The first-order chi connectivity index (χ1) is 9.24. The summed E-state index contributed by atoms with van der Waals surface area (Å²) in [6.07, 6.45) is 1.73. The molecule has 0 spiro atoms. The molecule has 94 valence electrons. The highest BCUT2D eigenvalue weighted by Crippen LogP contribution is 2.23. The number of rotatable bonds is 2. The Morgan fingerprint density at radius 2 is 1.89 bits per heavy atom. The maximum Gasteiger partial charge on any atom is 0.257 e. The van der Waals surface area contributed by atoms with Gasteiger partial charge in [0.1, 0.15) is 0 Å². The molecule has 0 aliphatic rings. The third-order valence-corrected chi connectivity index (χ3v) is 3.41. The molecule has 2 N–H and O–H groups in total. The zero-order valence-corrected chi connectivity index (χ0v) is 11.6. The van der Waals surface area contributed by atoms with Crippen LogP contribution < -0.4 is 5.32 Å². The molecule has 0 bridgehead atoms. The zero-order chi connectivity index (χ0) is 13.2. The van der Waals surface area contributed by atoms with Gasteiger partial charge in [-0.15, -0.1) is 0 Å². The van der Waals surface area contributed by atoms with E-state index in [0.29, 0.717) is 5.56 Å². The summed E-state index contributed by atoms with van der Waals surface area (Å²) in [5.74, 6) is -0.115. The molecule has 0 aliphatic heterocycles. The molecular formula is C15H11BrN2O. The SMILES string of the molecule is O=C(Nc1ccccc1)c1c[nH]c2ccc(Br)cc12. The molecule has 0 saturated carbocycles. The van der Waals surface area contributed by atoms with Crippen molar-refractivity contribution in [3.8, 4) is 0 Å². The van der Waals surface area contributed by atoms with Gasteiger partial charge >= 0.3 is 0 Å². The normalized spacial score (nSPS) is 10.6. The fourth-order valence-electron chi connectivity index (χ4n) is 2.00. The van der Waals surface area contributed by atoms with Gasteiger partial charge < -0.3 is 10.3 Å². The Labute approximate surface area is 118 Å². The molecule has 1 heterocycles. The quantitative estimate of drug-likeness (QED) is 0.732. The third-order valence-electron chi connectivity index (χ3n) is 2.92. The maximum absolute atomic E-state index is 12.3. The highest BCUT2D eigenvalue weighted by molar-refractivity contribution is 9.10. The lowest BCUT2D eigenvalue weighted by molar-refractivity contribution is 0.102. The molecule has 3 aromatic rings. The summed E-state index contributed by atoms with van der Waals surface area (Å²) in [5, 5.41) is 3.79. The van der Waals surface area contributed by atoms with E-state index >= 15 is 0 Å². The second-order valence-corrected chi connectivity index (χ2v) is 5.13. The van der Waals surface area contributed by atoms with E-state index in [1.54, 1.807) is 6.20 Å². The van der Waals surface area contributed by atoms with Crippen molar-refractivity contribution in [3.05, 3.63) is 64.8 Å². The molecule has 1 aromatic heterocycles. The summed E-state index contributed by atoms with van der Waals surface area (Å²) in [4.78, 5) is 15.4. The van der Waals surface area contributed by atoms with E-state index in [1.165, 1.54) is 0 Å². The van der Waals surface area contributed by atoms with Gasteiger partial charge in [0, 0.05) is 27.3 Å². The van der Waals surface area contributed by atoms with E-state index < -0.39 is 0 Å². The average Bonchev–Trinajstić information content (AvgIpc) is 2.82. The largest absolute Gasteiger partial charge is 0.360 e. The first-order valence-corrected chi connectivity index (χ1v) is 6.66. The predicted octanol–water partition coefficient (Wildman–Crippen LogP) is 4.18. The number of para-hydroxylation sites is 1. The summed E-state index contributed by atoms with van der Waals surface area (Å²) in [7, 11) is 0. The number of nitrogens with one attached hydrogen (secondary N) is 2. The van der Waals surface area contributed by atoms with Crippen LogP contribution in [-0.2, 0) is 0 Å². The number of carbonyl (C=O) groups excluding carboxylic acids is 1.